The summed E-state index contributed by atoms with van der Waals surface area (Å²) in [6, 6.07) is 12.3. The number of amides is 1. The Kier molecular flexibility index (Phi) is 6.06. The van der Waals surface area contributed by atoms with Gasteiger partial charge in [-0.15, -0.1) is 0 Å². The standard InChI is InChI=1S/C21H21N3O4/c1-3-12-28-18-10-8-15(13-19(18)27-2)9-11-20(25)23-24-14-22-17-7-5-4-6-16(17)21(24)26/h4-11,13-14H,3,12H2,1-2H3,(H,23,25)/b11-9+. The number of ether oxygens (including phenoxy) is 2. The van der Waals surface area contributed by atoms with Gasteiger partial charge in [0.1, 0.15) is 6.33 Å². The molecule has 1 N–H and O–H groups in total. The highest BCUT2D eigenvalue weighted by Gasteiger charge is 2.06. The molecule has 0 spiro atoms. The maximum atomic E-state index is 12.4. The highest BCUT2D eigenvalue weighted by Crippen LogP contribution is 2.28. The van der Waals surface area contributed by atoms with Gasteiger partial charge in [-0.1, -0.05) is 25.1 Å². The zero-order chi connectivity index (χ0) is 19.9. The van der Waals surface area contributed by atoms with Crippen LogP contribution in [0.2, 0.25) is 0 Å². The minimum Gasteiger partial charge on any atom is -0.493 e. The number of benzene rings is 2. The summed E-state index contributed by atoms with van der Waals surface area (Å²) >= 11 is 0. The lowest BCUT2D eigenvalue weighted by atomic mass is 10.2. The van der Waals surface area contributed by atoms with Gasteiger partial charge in [0.15, 0.2) is 11.5 Å². The number of nitrogens with one attached hydrogen (secondary N) is 1. The summed E-state index contributed by atoms with van der Waals surface area (Å²) < 4.78 is 12.0. The van der Waals surface area contributed by atoms with Gasteiger partial charge in [0, 0.05) is 6.08 Å². The first-order chi connectivity index (χ1) is 13.6. The molecule has 0 bridgehead atoms. The summed E-state index contributed by atoms with van der Waals surface area (Å²) in [4.78, 5) is 28.8. The third-order valence-corrected chi connectivity index (χ3v) is 3.97. The summed E-state index contributed by atoms with van der Waals surface area (Å²) in [6.45, 7) is 2.63. The summed E-state index contributed by atoms with van der Waals surface area (Å²) in [5.41, 5.74) is 3.50. The van der Waals surface area contributed by atoms with Crippen LogP contribution in [-0.2, 0) is 4.79 Å². The van der Waals surface area contributed by atoms with E-state index in [9.17, 15) is 9.59 Å². The predicted molar refractivity (Wildman–Crippen MR) is 108 cm³/mol. The number of hydrogen-bond acceptors (Lipinski definition) is 5. The molecule has 0 aliphatic carbocycles. The van der Waals surface area contributed by atoms with Crippen molar-refractivity contribution in [3.63, 3.8) is 0 Å². The molecule has 0 atom stereocenters. The Morgan fingerprint density at radius 1 is 1.21 bits per heavy atom. The Balaban J connectivity index is 1.73. The van der Waals surface area contributed by atoms with Crippen molar-refractivity contribution in [3.8, 4) is 11.5 Å². The molecule has 1 heterocycles. The SMILES string of the molecule is CCCOc1ccc(/C=C/C(=O)Nn2cnc3ccccc3c2=O)cc1OC. The van der Waals surface area contributed by atoms with Gasteiger partial charge in [0.25, 0.3) is 11.5 Å². The number of para-hydroxylation sites is 1. The van der Waals surface area contributed by atoms with Crippen molar-refractivity contribution in [1.82, 2.24) is 9.66 Å². The van der Waals surface area contributed by atoms with E-state index in [1.54, 1.807) is 49.6 Å². The topological polar surface area (TPSA) is 82.5 Å². The fraction of sp³-hybridized carbons (Fsp3) is 0.190. The lowest BCUT2D eigenvalue weighted by Crippen LogP contribution is -2.32. The van der Waals surface area contributed by atoms with E-state index in [2.05, 4.69) is 10.4 Å². The van der Waals surface area contributed by atoms with Gasteiger partial charge >= 0.3 is 0 Å². The molecule has 2 aromatic carbocycles. The molecule has 0 radical (unpaired) electrons. The van der Waals surface area contributed by atoms with Crippen LogP contribution < -0.4 is 20.5 Å². The third-order valence-electron chi connectivity index (χ3n) is 3.97. The first-order valence-electron chi connectivity index (χ1n) is 8.88. The lowest BCUT2D eigenvalue weighted by Gasteiger charge is -2.10. The van der Waals surface area contributed by atoms with Crippen LogP contribution >= 0.6 is 0 Å². The molecule has 0 fully saturated rings. The number of nitrogens with zero attached hydrogens (tertiary/aromatic N) is 2. The molecular weight excluding hydrogens is 358 g/mol. The van der Waals surface area contributed by atoms with Crippen LogP contribution in [0.4, 0.5) is 0 Å². The van der Waals surface area contributed by atoms with E-state index in [1.165, 1.54) is 12.4 Å². The van der Waals surface area contributed by atoms with E-state index in [-0.39, 0.29) is 5.56 Å². The molecule has 0 saturated carbocycles. The van der Waals surface area contributed by atoms with Gasteiger partial charge in [-0.25, -0.2) is 9.66 Å². The van der Waals surface area contributed by atoms with Crippen molar-refractivity contribution < 1.29 is 14.3 Å². The fourth-order valence-corrected chi connectivity index (χ4v) is 2.60. The minimum absolute atomic E-state index is 0.341. The zero-order valence-corrected chi connectivity index (χ0v) is 15.7. The number of carbonyl (C=O) groups excluding carboxylic acids is 1. The number of fused-ring (bicyclic) bond motifs is 1. The van der Waals surface area contributed by atoms with Gasteiger partial charge in [0.05, 0.1) is 24.6 Å². The Hall–Kier alpha value is -3.61. The first-order valence-corrected chi connectivity index (χ1v) is 8.88. The quantitative estimate of drug-likeness (QED) is 0.638. The third kappa shape index (κ3) is 4.37. The number of rotatable bonds is 7. The van der Waals surface area contributed by atoms with E-state index >= 15 is 0 Å². The second-order valence-electron chi connectivity index (χ2n) is 6.01. The van der Waals surface area contributed by atoms with Gasteiger partial charge in [-0.05, 0) is 42.3 Å². The van der Waals surface area contributed by atoms with Gasteiger partial charge < -0.3 is 9.47 Å². The van der Waals surface area contributed by atoms with Gasteiger partial charge in [-0.2, -0.15) is 0 Å². The smallest absolute Gasteiger partial charge is 0.280 e. The zero-order valence-electron chi connectivity index (χ0n) is 15.7. The second-order valence-corrected chi connectivity index (χ2v) is 6.01. The van der Waals surface area contributed by atoms with Crippen LogP contribution in [0.25, 0.3) is 17.0 Å². The molecule has 144 valence electrons. The second kappa shape index (κ2) is 8.85. The van der Waals surface area contributed by atoms with Crippen LogP contribution in [0, 0.1) is 0 Å². The molecule has 1 amide bonds. The summed E-state index contributed by atoms with van der Waals surface area (Å²) in [5, 5.41) is 0.432. The molecule has 3 aromatic rings. The number of methoxy groups -OCH3 is 1. The highest BCUT2D eigenvalue weighted by molar-refractivity contribution is 5.97. The number of hydrogen-bond donors (Lipinski definition) is 1. The lowest BCUT2D eigenvalue weighted by molar-refractivity contribution is -0.112. The highest BCUT2D eigenvalue weighted by atomic mass is 16.5. The average molecular weight is 379 g/mol. The largest absolute Gasteiger partial charge is 0.493 e. The average Bonchev–Trinajstić information content (AvgIpc) is 2.73. The van der Waals surface area contributed by atoms with Crippen LogP contribution in [0.3, 0.4) is 0 Å². The molecule has 0 unspecified atom stereocenters. The molecule has 3 rings (SSSR count). The van der Waals surface area contributed by atoms with Crippen LogP contribution in [-0.4, -0.2) is 29.3 Å². The van der Waals surface area contributed by atoms with E-state index in [0.717, 1.165) is 16.7 Å². The fourth-order valence-electron chi connectivity index (χ4n) is 2.60. The van der Waals surface area contributed by atoms with E-state index < -0.39 is 5.91 Å². The molecule has 0 saturated heterocycles. The predicted octanol–water partition coefficient (Wildman–Crippen LogP) is 2.98. The van der Waals surface area contributed by atoms with E-state index in [1.807, 2.05) is 13.0 Å². The van der Waals surface area contributed by atoms with E-state index in [0.29, 0.717) is 29.0 Å². The number of carbonyl (C=O) groups is 1. The Morgan fingerprint density at radius 3 is 2.82 bits per heavy atom. The molecule has 7 nitrogen and oxygen atoms in total. The molecule has 1 aromatic heterocycles. The van der Waals surface area contributed by atoms with E-state index in [4.69, 9.17) is 9.47 Å². The molecular formula is C21H21N3O4. The maximum absolute atomic E-state index is 12.4. The first kappa shape index (κ1) is 19.2. The van der Waals surface area contributed by atoms with Crippen molar-refractivity contribution in [3.05, 3.63) is 70.8 Å². The normalized spacial score (nSPS) is 10.9. The summed E-state index contributed by atoms with van der Waals surface area (Å²) in [5.74, 6) is 0.787. The van der Waals surface area contributed by atoms with Crippen LogP contribution in [0.15, 0.2) is 59.7 Å². The van der Waals surface area contributed by atoms with Crippen molar-refractivity contribution in [2.45, 2.75) is 13.3 Å². The van der Waals surface area contributed by atoms with Crippen molar-refractivity contribution in [1.29, 1.82) is 0 Å². The summed E-state index contributed by atoms with van der Waals surface area (Å²) in [6.07, 6.45) is 5.15. The molecule has 7 heteroatoms. The van der Waals surface area contributed by atoms with Crippen LogP contribution in [0.5, 0.6) is 11.5 Å². The number of aromatic nitrogens is 2. The van der Waals surface area contributed by atoms with Crippen molar-refractivity contribution in [2.75, 3.05) is 19.1 Å². The molecule has 0 aliphatic rings. The Morgan fingerprint density at radius 2 is 2.04 bits per heavy atom. The minimum atomic E-state index is -0.454. The maximum Gasteiger partial charge on any atom is 0.280 e. The summed E-state index contributed by atoms with van der Waals surface area (Å²) in [7, 11) is 1.56. The van der Waals surface area contributed by atoms with Gasteiger partial charge in [0.2, 0.25) is 0 Å². The molecule has 0 aliphatic heterocycles. The van der Waals surface area contributed by atoms with Crippen molar-refractivity contribution in [2.24, 2.45) is 0 Å². The van der Waals surface area contributed by atoms with Crippen molar-refractivity contribution >= 4 is 22.9 Å². The molecule has 28 heavy (non-hydrogen) atoms. The van der Waals surface area contributed by atoms with Gasteiger partial charge in [-0.3, -0.25) is 15.0 Å². The Bertz CT molecular complexity index is 1070. The van der Waals surface area contributed by atoms with Crippen LogP contribution in [0.1, 0.15) is 18.9 Å². The monoisotopic (exact) mass is 379 g/mol. The Labute approximate surface area is 162 Å².